The Morgan fingerprint density at radius 3 is 2.73 bits per heavy atom. The highest BCUT2D eigenvalue weighted by Crippen LogP contribution is 2.39. The zero-order chi connectivity index (χ0) is 23.4. The lowest BCUT2D eigenvalue weighted by molar-refractivity contribution is -0.116. The molecular formula is C25H25N3O4S. The minimum absolute atomic E-state index is 0.149. The molecule has 1 atom stereocenters. The Morgan fingerprint density at radius 1 is 1.21 bits per heavy atom. The number of rotatable bonds is 8. The Labute approximate surface area is 196 Å². The van der Waals surface area contributed by atoms with Gasteiger partial charge in [-0.2, -0.15) is 4.98 Å². The summed E-state index contributed by atoms with van der Waals surface area (Å²) in [4.78, 5) is 30.1. The molecule has 1 aliphatic rings. The number of amides is 1. The smallest absolute Gasteiger partial charge is 0.279 e. The molecule has 0 fully saturated rings. The van der Waals surface area contributed by atoms with Crippen LogP contribution in [0.4, 0.5) is 5.82 Å². The molecule has 8 heteroatoms. The van der Waals surface area contributed by atoms with Crippen molar-refractivity contribution in [2.75, 3.05) is 19.0 Å². The van der Waals surface area contributed by atoms with Crippen molar-refractivity contribution >= 4 is 23.5 Å². The minimum atomic E-state index is -0.435. The Hall–Kier alpha value is -3.52. The molecule has 4 rings (SSSR count). The zero-order valence-corrected chi connectivity index (χ0v) is 19.4. The summed E-state index contributed by atoms with van der Waals surface area (Å²) in [5.41, 5.74) is 2.05. The molecule has 0 radical (unpaired) electrons. The van der Waals surface area contributed by atoms with Gasteiger partial charge in [0.15, 0.2) is 16.7 Å². The van der Waals surface area contributed by atoms with Crippen LogP contribution in [-0.4, -0.2) is 29.2 Å². The van der Waals surface area contributed by atoms with Gasteiger partial charge in [0.05, 0.1) is 12.7 Å². The number of carbonyl (C=O) groups excluding carboxylic acids is 1. The quantitative estimate of drug-likeness (QED) is 0.307. The molecule has 1 amide bonds. The third kappa shape index (κ3) is 4.80. The first kappa shape index (κ1) is 22.7. The standard InChI is InChI=1S/C25H25N3O4S/c1-4-12-32-19-11-10-17(13-20(19)31-3)18-14-21(29)26-23-22(18)24(30)27-25(28(23)2)33-15-16-8-6-5-7-9-16/h4-11,13,18H,1,12,14-15H2,2-3H3,(H,26,29)/t18-/m1/s1. The van der Waals surface area contributed by atoms with E-state index < -0.39 is 5.92 Å². The van der Waals surface area contributed by atoms with E-state index in [9.17, 15) is 9.59 Å². The summed E-state index contributed by atoms with van der Waals surface area (Å²) < 4.78 is 12.9. The van der Waals surface area contributed by atoms with Crippen LogP contribution < -0.4 is 20.3 Å². The average Bonchev–Trinajstić information content (AvgIpc) is 2.84. The van der Waals surface area contributed by atoms with Crippen LogP contribution in [0, 0.1) is 0 Å². The summed E-state index contributed by atoms with van der Waals surface area (Å²) in [6.45, 7) is 4.00. The molecule has 0 saturated heterocycles. The zero-order valence-electron chi connectivity index (χ0n) is 18.5. The maximum absolute atomic E-state index is 13.1. The van der Waals surface area contributed by atoms with Gasteiger partial charge in [0.2, 0.25) is 5.91 Å². The molecule has 1 aromatic heterocycles. The van der Waals surface area contributed by atoms with Gasteiger partial charge < -0.3 is 19.4 Å². The topological polar surface area (TPSA) is 82.5 Å². The SMILES string of the molecule is C=CCOc1ccc([C@H]2CC(=O)Nc3c2c(=O)nc(SCc2ccccc2)n3C)cc1OC. The Balaban J connectivity index is 1.70. The van der Waals surface area contributed by atoms with E-state index in [0.29, 0.717) is 40.4 Å². The van der Waals surface area contributed by atoms with E-state index in [-0.39, 0.29) is 17.9 Å². The van der Waals surface area contributed by atoms with Crippen molar-refractivity contribution in [1.29, 1.82) is 0 Å². The van der Waals surface area contributed by atoms with Crippen LogP contribution in [0.1, 0.15) is 29.0 Å². The number of nitrogens with zero attached hydrogens (tertiary/aromatic N) is 2. The molecule has 0 aliphatic carbocycles. The number of anilines is 1. The third-order valence-electron chi connectivity index (χ3n) is 5.46. The normalized spacial score (nSPS) is 14.8. The fraction of sp³-hybridized carbons (Fsp3) is 0.240. The fourth-order valence-electron chi connectivity index (χ4n) is 3.84. The van der Waals surface area contributed by atoms with Crippen LogP contribution in [0.2, 0.25) is 0 Å². The van der Waals surface area contributed by atoms with E-state index in [1.807, 2.05) is 49.5 Å². The summed E-state index contributed by atoms with van der Waals surface area (Å²) in [5, 5.41) is 3.43. The first-order valence-corrected chi connectivity index (χ1v) is 11.5. The Bertz CT molecular complexity index is 1240. The van der Waals surface area contributed by atoms with Gasteiger partial charge in [-0.1, -0.05) is 60.8 Å². The molecule has 0 spiro atoms. The summed E-state index contributed by atoms with van der Waals surface area (Å²) in [6, 6.07) is 15.4. The van der Waals surface area contributed by atoms with E-state index >= 15 is 0 Å². The number of methoxy groups -OCH3 is 1. The van der Waals surface area contributed by atoms with E-state index in [4.69, 9.17) is 9.47 Å². The second kappa shape index (κ2) is 9.95. The van der Waals surface area contributed by atoms with Gasteiger partial charge >= 0.3 is 0 Å². The van der Waals surface area contributed by atoms with Gasteiger partial charge in [-0.3, -0.25) is 9.59 Å². The molecule has 3 aromatic rings. The number of hydrogen-bond donors (Lipinski definition) is 1. The number of benzene rings is 2. The summed E-state index contributed by atoms with van der Waals surface area (Å²) in [6.07, 6.45) is 1.80. The molecule has 33 heavy (non-hydrogen) atoms. The van der Waals surface area contributed by atoms with Crippen LogP contribution in [0.25, 0.3) is 0 Å². The van der Waals surface area contributed by atoms with Gasteiger partial charge in [-0.25, -0.2) is 0 Å². The predicted molar refractivity (Wildman–Crippen MR) is 129 cm³/mol. The number of ether oxygens (including phenoxy) is 2. The van der Waals surface area contributed by atoms with E-state index in [0.717, 1.165) is 11.1 Å². The van der Waals surface area contributed by atoms with Crippen molar-refractivity contribution in [3.8, 4) is 11.5 Å². The molecule has 1 aliphatic heterocycles. The number of hydrogen-bond acceptors (Lipinski definition) is 6. The monoisotopic (exact) mass is 463 g/mol. The van der Waals surface area contributed by atoms with Crippen LogP contribution in [0.15, 0.2) is 71.1 Å². The highest BCUT2D eigenvalue weighted by molar-refractivity contribution is 7.98. The Morgan fingerprint density at radius 2 is 2.00 bits per heavy atom. The molecule has 2 aromatic carbocycles. The van der Waals surface area contributed by atoms with E-state index in [2.05, 4.69) is 16.9 Å². The molecular weight excluding hydrogens is 438 g/mol. The van der Waals surface area contributed by atoms with Crippen molar-refractivity contribution in [2.24, 2.45) is 7.05 Å². The van der Waals surface area contributed by atoms with Crippen LogP contribution in [-0.2, 0) is 17.6 Å². The Kier molecular flexibility index (Phi) is 6.84. The molecule has 0 unspecified atom stereocenters. The molecule has 7 nitrogen and oxygen atoms in total. The van der Waals surface area contributed by atoms with Crippen molar-refractivity contribution in [1.82, 2.24) is 9.55 Å². The molecule has 2 heterocycles. The van der Waals surface area contributed by atoms with Gasteiger partial charge in [0, 0.05) is 25.1 Å². The van der Waals surface area contributed by atoms with Crippen LogP contribution in [0.5, 0.6) is 11.5 Å². The number of aromatic nitrogens is 2. The number of thioether (sulfide) groups is 1. The largest absolute Gasteiger partial charge is 0.493 e. The lowest BCUT2D eigenvalue weighted by Crippen LogP contribution is -2.33. The fourth-order valence-corrected chi connectivity index (χ4v) is 4.76. The molecule has 1 N–H and O–H groups in total. The average molecular weight is 464 g/mol. The summed E-state index contributed by atoms with van der Waals surface area (Å²) in [7, 11) is 3.37. The maximum Gasteiger partial charge on any atom is 0.279 e. The lowest BCUT2D eigenvalue weighted by Gasteiger charge is -2.28. The van der Waals surface area contributed by atoms with Crippen molar-refractivity contribution in [2.45, 2.75) is 23.2 Å². The van der Waals surface area contributed by atoms with Gasteiger partial charge in [-0.15, -0.1) is 0 Å². The number of nitrogens with one attached hydrogen (secondary N) is 1. The third-order valence-corrected chi connectivity index (χ3v) is 6.56. The predicted octanol–water partition coefficient (Wildman–Crippen LogP) is 4.12. The second-order valence-corrected chi connectivity index (χ2v) is 8.55. The second-order valence-electron chi connectivity index (χ2n) is 7.61. The highest BCUT2D eigenvalue weighted by Gasteiger charge is 2.32. The highest BCUT2D eigenvalue weighted by atomic mass is 32.2. The first-order valence-electron chi connectivity index (χ1n) is 10.5. The lowest BCUT2D eigenvalue weighted by atomic mass is 9.86. The molecule has 0 bridgehead atoms. The van der Waals surface area contributed by atoms with Crippen LogP contribution in [0.3, 0.4) is 0 Å². The summed E-state index contributed by atoms with van der Waals surface area (Å²) >= 11 is 1.46. The van der Waals surface area contributed by atoms with Gasteiger partial charge in [0.25, 0.3) is 5.56 Å². The van der Waals surface area contributed by atoms with Crippen LogP contribution >= 0.6 is 11.8 Å². The van der Waals surface area contributed by atoms with Gasteiger partial charge in [-0.05, 0) is 23.3 Å². The maximum atomic E-state index is 13.1. The van der Waals surface area contributed by atoms with E-state index in [1.54, 1.807) is 23.8 Å². The van der Waals surface area contributed by atoms with Crippen molar-refractivity contribution < 1.29 is 14.3 Å². The molecule has 0 saturated carbocycles. The first-order chi connectivity index (χ1) is 16.0. The minimum Gasteiger partial charge on any atom is -0.493 e. The van der Waals surface area contributed by atoms with Gasteiger partial charge in [0.1, 0.15) is 12.4 Å². The molecule has 170 valence electrons. The number of carbonyl (C=O) groups is 1. The van der Waals surface area contributed by atoms with Crippen molar-refractivity contribution in [3.05, 3.63) is 88.2 Å². The number of fused-ring (bicyclic) bond motifs is 1. The van der Waals surface area contributed by atoms with E-state index in [1.165, 1.54) is 11.8 Å². The van der Waals surface area contributed by atoms with Crippen molar-refractivity contribution in [3.63, 3.8) is 0 Å². The summed E-state index contributed by atoms with van der Waals surface area (Å²) in [5.74, 6) is 1.66.